The Morgan fingerprint density at radius 3 is 1.03 bits per heavy atom. The van der Waals surface area contributed by atoms with E-state index in [0.29, 0.717) is 28.9 Å². The van der Waals surface area contributed by atoms with E-state index in [9.17, 15) is 29.4 Å². The second kappa shape index (κ2) is 37.4. The number of benzene rings is 12. The minimum atomic E-state index is -0.973. The molecule has 0 spiro atoms. The molecule has 108 heavy (non-hydrogen) atoms. The van der Waals surface area contributed by atoms with Crippen molar-refractivity contribution in [2.75, 3.05) is 20.3 Å². The molecule has 1 heterocycles. The molecule has 12 aromatic rings. The highest BCUT2D eigenvalue weighted by Crippen LogP contribution is 2.53. The van der Waals surface area contributed by atoms with Crippen molar-refractivity contribution in [1.82, 2.24) is 0 Å². The van der Waals surface area contributed by atoms with Gasteiger partial charge < -0.3 is 34.3 Å². The summed E-state index contributed by atoms with van der Waals surface area (Å²) in [6.45, 7) is 13.0. The van der Waals surface area contributed by atoms with E-state index in [4.69, 9.17) is 19.3 Å². The van der Waals surface area contributed by atoms with E-state index >= 15 is 0 Å². The van der Waals surface area contributed by atoms with E-state index in [1.165, 1.54) is 144 Å². The molecule has 11 nitrogen and oxygen atoms in total. The molecule has 548 valence electrons. The summed E-state index contributed by atoms with van der Waals surface area (Å²) in [4.78, 5) is 44.4. The number of carboxylic acids is 1. The molecule has 0 unspecified atom stereocenters. The van der Waals surface area contributed by atoms with Crippen LogP contribution in [0.2, 0.25) is 0 Å². The molecule has 2 saturated carbocycles. The standard InChI is InChI=1S/C33H34.C31H30O2.C15H12O4.C14H10O4.C4H8O/c1-25-13-19-30(20-14-25)33(29-11-7-4-8-12-29,31-21-15-26(2)16-22-31)32-23-17-28(18-24-32)27-9-5-3-6-10-27;32-29-19-15-27(16-20-29)31(25-9-5-2-6-10-25,28-17-21-30(33)22-18-28)26-13-11-24(12-14-26)23-7-3-1-4-8-23;1-3-14(16)19-13-7-6-10-8-12(15(17)18-2)5-4-11(10)9-13;1-2-13(15)18-12-6-5-9-7-11(14(16)17)4-3-10(9)8-12;1-2-4-5-3-1/h3,5-6,9-10,13-24,29H,4,7-8,11-12H2,1-2H3;1,3-4,7-8,11-22,25,32-33H,2,5-6,9-10H2;3-9H,1H2,2H3;2-8H,1H2,(H,16,17);1-4H2. The topological polar surface area (TPSA) is 166 Å². The van der Waals surface area contributed by atoms with Gasteiger partial charge in [-0.2, -0.15) is 0 Å². The molecular weight excluding hydrogens is 1340 g/mol. The molecule has 12 aromatic carbocycles. The number of phenols is 2. The molecule has 15 rings (SSSR count). The van der Waals surface area contributed by atoms with Gasteiger partial charge in [-0.3, -0.25) is 0 Å². The fourth-order valence-electron chi connectivity index (χ4n) is 15.5. The highest BCUT2D eigenvalue weighted by molar-refractivity contribution is 5.97. The second-order valence-electron chi connectivity index (χ2n) is 27.8. The molecule has 0 aromatic heterocycles. The summed E-state index contributed by atoms with van der Waals surface area (Å²) in [6.07, 6.45) is 17.4. The molecule has 3 aliphatic rings. The molecule has 0 radical (unpaired) electrons. The first kappa shape index (κ1) is 77.2. The summed E-state index contributed by atoms with van der Waals surface area (Å²) in [5.74, 6) is 0.0221. The van der Waals surface area contributed by atoms with Gasteiger partial charge in [-0.15, -0.1) is 0 Å². The number of aryl methyl sites for hydroxylation is 2. The Hall–Kier alpha value is -11.9. The predicted octanol–water partition coefficient (Wildman–Crippen LogP) is 22.7. The van der Waals surface area contributed by atoms with E-state index in [0.717, 1.165) is 59.8 Å². The van der Waals surface area contributed by atoms with Gasteiger partial charge in [0.25, 0.3) is 0 Å². The molecule has 0 atom stereocenters. The zero-order valence-electron chi connectivity index (χ0n) is 61.8. The number of rotatable bonds is 16. The molecule has 2 aliphatic carbocycles. The number of carboxylic acid groups (broad SMARTS) is 1. The van der Waals surface area contributed by atoms with Crippen LogP contribution in [-0.2, 0) is 29.9 Å². The van der Waals surface area contributed by atoms with Crippen LogP contribution in [0.5, 0.6) is 23.0 Å². The van der Waals surface area contributed by atoms with Gasteiger partial charge in [0.05, 0.1) is 18.2 Å². The monoisotopic (exact) mass is 1430 g/mol. The molecular formula is C97H94O11. The molecule has 0 bridgehead atoms. The maximum atomic E-state index is 11.4. The van der Waals surface area contributed by atoms with Crippen LogP contribution in [0, 0.1) is 25.7 Å². The predicted molar refractivity (Wildman–Crippen MR) is 433 cm³/mol. The Morgan fingerprint density at radius 2 is 0.694 bits per heavy atom. The van der Waals surface area contributed by atoms with E-state index in [2.05, 4.69) is 208 Å². The van der Waals surface area contributed by atoms with E-state index in [1.54, 1.807) is 91.0 Å². The Balaban J connectivity index is 0.000000145. The molecule has 11 heteroatoms. The fourth-order valence-corrected chi connectivity index (χ4v) is 15.5. The summed E-state index contributed by atoms with van der Waals surface area (Å²) in [5, 5.41) is 32.2. The van der Waals surface area contributed by atoms with Crippen LogP contribution < -0.4 is 9.47 Å². The van der Waals surface area contributed by atoms with Gasteiger partial charge in [-0.05, 0) is 214 Å². The van der Waals surface area contributed by atoms with Gasteiger partial charge in [0.15, 0.2) is 0 Å². The van der Waals surface area contributed by atoms with Crippen molar-refractivity contribution in [3.8, 4) is 45.3 Å². The first-order chi connectivity index (χ1) is 52.6. The number of ether oxygens (including phenoxy) is 4. The van der Waals surface area contributed by atoms with Gasteiger partial charge in [0, 0.05) is 36.2 Å². The third-order valence-corrected chi connectivity index (χ3v) is 20.9. The largest absolute Gasteiger partial charge is 0.508 e. The van der Waals surface area contributed by atoms with Gasteiger partial charge >= 0.3 is 23.9 Å². The lowest BCUT2D eigenvalue weighted by molar-refractivity contribution is -0.129. The number of methoxy groups -OCH3 is 1. The van der Waals surface area contributed by atoms with Crippen LogP contribution in [0.4, 0.5) is 0 Å². The van der Waals surface area contributed by atoms with Crippen LogP contribution in [0.15, 0.2) is 304 Å². The van der Waals surface area contributed by atoms with E-state index in [1.807, 2.05) is 6.07 Å². The Kier molecular flexibility index (Phi) is 26.7. The van der Waals surface area contributed by atoms with Crippen molar-refractivity contribution in [3.63, 3.8) is 0 Å². The van der Waals surface area contributed by atoms with Crippen molar-refractivity contribution in [1.29, 1.82) is 0 Å². The number of aromatic hydroxyl groups is 2. The van der Waals surface area contributed by atoms with Gasteiger partial charge in [-0.25, -0.2) is 19.2 Å². The highest BCUT2D eigenvalue weighted by atomic mass is 16.5. The maximum Gasteiger partial charge on any atom is 0.337 e. The average Bonchev–Trinajstić information content (AvgIpc) is 0.825. The highest BCUT2D eigenvalue weighted by Gasteiger charge is 2.45. The lowest BCUT2D eigenvalue weighted by atomic mass is 9.58. The number of hydrogen-bond acceptors (Lipinski definition) is 10. The normalized spacial score (nSPS) is 13.6. The van der Waals surface area contributed by atoms with Crippen molar-refractivity contribution in [2.45, 2.75) is 102 Å². The van der Waals surface area contributed by atoms with Crippen molar-refractivity contribution < 1.29 is 53.4 Å². The van der Waals surface area contributed by atoms with E-state index in [-0.39, 0.29) is 33.9 Å². The SMILES string of the molecule is C1CCOC1.C=CC(=O)Oc1ccc2cc(C(=O)O)ccc2c1.C=CC(=O)Oc1ccc2cc(C(=O)OC)ccc2c1.Cc1ccc(C(c2ccc(C)cc2)(c2ccc(-c3ccccc3)cc2)C2CCCCC2)cc1.Oc1ccc(C(c2ccc(O)cc2)(c2ccc(-c3ccccc3)cc2)C2CCCCC2)cc1. The van der Waals surface area contributed by atoms with Crippen molar-refractivity contribution in [2.24, 2.45) is 11.8 Å². The molecule has 1 saturated heterocycles. The lowest BCUT2D eigenvalue weighted by Crippen LogP contribution is -2.39. The zero-order valence-corrected chi connectivity index (χ0v) is 61.8. The van der Waals surface area contributed by atoms with Crippen LogP contribution in [-0.4, -0.2) is 59.5 Å². The van der Waals surface area contributed by atoms with Crippen molar-refractivity contribution >= 4 is 45.4 Å². The molecule has 0 amide bonds. The quantitative estimate of drug-likeness (QED) is 0.0365. The summed E-state index contributed by atoms with van der Waals surface area (Å²) >= 11 is 0. The van der Waals surface area contributed by atoms with Crippen LogP contribution in [0.3, 0.4) is 0 Å². The summed E-state index contributed by atoms with van der Waals surface area (Å²) in [6, 6.07) is 93.8. The Labute approximate surface area is 634 Å². The number of carbonyl (C=O) groups excluding carboxylic acids is 3. The first-order valence-corrected chi connectivity index (χ1v) is 37.3. The van der Waals surface area contributed by atoms with Crippen LogP contribution >= 0.6 is 0 Å². The maximum absolute atomic E-state index is 11.4. The number of fused-ring (bicyclic) bond motifs is 2. The van der Waals surface area contributed by atoms with Gasteiger partial charge in [-0.1, -0.05) is 269 Å². The number of carbonyl (C=O) groups is 4. The number of esters is 3. The summed E-state index contributed by atoms with van der Waals surface area (Å²) in [5.41, 5.74) is 15.7. The third-order valence-electron chi connectivity index (χ3n) is 20.9. The Bertz CT molecular complexity index is 4660. The van der Waals surface area contributed by atoms with Crippen LogP contribution in [0.1, 0.15) is 142 Å². The van der Waals surface area contributed by atoms with Crippen LogP contribution in [0.25, 0.3) is 43.8 Å². The zero-order chi connectivity index (χ0) is 75.8. The smallest absolute Gasteiger partial charge is 0.337 e. The Morgan fingerprint density at radius 1 is 0.380 bits per heavy atom. The van der Waals surface area contributed by atoms with Gasteiger partial charge in [0.1, 0.15) is 23.0 Å². The summed E-state index contributed by atoms with van der Waals surface area (Å²) in [7, 11) is 1.34. The summed E-state index contributed by atoms with van der Waals surface area (Å²) < 4.78 is 19.6. The number of hydrogen-bond donors (Lipinski definition) is 3. The molecule has 3 N–H and O–H groups in total. The first-order valence-electron chi connectivity index (χ1n) is 37.3. The lowest BCUT2D eigenvalue weighted by Gasteiger charge is -2.45. The number of phenolic OH excluding ortho intramolecular Hbond substituents is 2. The van der Waals surface area contributed by atoms with E-state index < -0.39 is 17.9 Å². The molecule has 3 fully saturated rings. The van der Waals surface area contributed by atoms with Gasteiger partial charge in [0.2, 0.25) is 0 Å². The third kappa shape index (κ3) is 19.0. The fraction of sp³-hybridized carbons (Fsp3) is 0.216. The minimum absolute atomic E-state index is 0.128. The second-order valence-corrected chi connectivity index (χ2v) is 27.8. The molecule has 1 aliphatic heterocycles. The minimum Gasteiger partial charge on any atom is -0.508 e. The average molecular weight is 1440 g/mol. The van der Waals surface area contributed by atoms with Crippen molar-refractivity contribution in [3.05, 3.63) is 360 Å². The number of aromatic carboxylic acids is 1.